The molecule has 0 aliphatic carbocycles. The van der Waals surface area contributed by atoms with Gasteiger partial charge >= 0.3 is 0 Å². The van der Waals surface area contributed by atoms with Gasteiger partial charge in [-0.05, 0) is 68.9 Å². The van der Waals surface area contributed by atoms with Gasteiger partial charge in [0.1, 0.15) is 0 Å². The normalized spacial score (nSPS) is 12.2. The molecule has 4 aromatic rings. The molecule has 2 heterocycles. The number of hydrogen-bond donors (Lipinski definition) is 1. The number of amides is 1. The van der Waals surface area contributed by atoms with Crippen LogP contribution in [0.4, 0.5) is 0 Å². The molecule has 0 saturated carbocycles. The first-order valence-electron chi connectivity index (χ1n) is 11.6. The SMILES string of the molecule is Cc1ccc(-n2nc(C)c3c(C)c(CCC(=O)NC[C@@H](C)c4ccccc4)c(C)nc32)cc1. The number of carbonyl (C=O) groups excluding carboxylic acids is 1. The summed E-state index contributed by atoms with van der Waals surface area (Å²) in [5.74, 6) is 0.357. The standard InChI is InChI=1S/C28H32N4O/c1-18-11-13-24(14-12-18)32-28-27(22(5)31-32)20(3)25(21(4)30-28)15-16-26(33)29-17-19(2)23-9-7-6-8-10-23/h6-14,19H,15-17H2,1-5H3,(H,29,33)/t19-/m1/s1. The van der Waals surface area contributed by atoms with E-state index in [-0.39, 0.29) is 11.8 Å². The van der Waals surface area contributed by atoms with Crippen LogP contribution in [0.15, 0.2) is 54.6 Å². The van der Waals surface area contributed by atoms with Crippen molar-refractivity contribution in [3.63, 3.8) is 0 Å². The minimum atomic E-state index is 0.0729. The van der Waals surface area contributed by atoms with Crippen molar-refractivity contribution in [2.24, 2.45) is 0 Å². The minimum Gasteiger partial charge on any atom is -0.355 e. The summed E-state index contributed by atoms with van der Waals surface area (Å²) in [4.78, 5) is 17.5. The third-order valence-corrected chi connectivity index (χ3v) is 6.43. The number of nitrogens with zero attached hydrogens (tertiary/aromatic N) is 3. The fraction of sp³-hybridized carbons (Fsp3) is 0.321. The van der Waals surface area contributed by atoms with Crippen LogP contribution in [0.3, 0.4) is 0 Å². The molecule has 5 nitrogen and oxygen atoms in total. The maximum atomic E-state index is 12.6. The lowest BCUT2D eigenvalue weighted by Crippen LogP contribution is -2.27. The van der Waals surface area contributed by atoms with Gasteiger partial charge in [-0.2, -0.15) is 5.10 Å². The summed E-state index contributed by atoms with van der Waals surface area (Å²) >= 11 is 0. The zero-order valence-corrected chi connectivity index (χ0v) is 20.1. The van der Waals surface area contributed by atoms with Crippen molar-refractivity contribution in [2.75, 3.05) is 6.54 Å². The van der Waals surface area contributed by atoms with Crippen LogP contribution in [0.5, 0.6) is 0 Å². The fourth-order valence-electron chi connectivity index (χ4n) is 4.43. The molecular formula is C28H32N4O. The molecule has 0 aliphatic rings. The van der Waals surface area contributed by atoms with Crippen LogP contribution in [-0.2, 0) is 11.2 Å². The van der Waals surface area contributed by atoms with Crippen LogP contribution < -0.4 is 5.32 Å². The lowest BCUT2D eigenvalue weighted by atomic mass is 9.98. The van der Waals surface area contributed by atoms with Crippen molar-refractivity contribution >= 4 is 16.9 Å². The summed E-state index contributed by atoms with van der Waals surface area (Å²) in [6, 6.07) is 18.6. The highest BCUT2D eigenvalue weighted by molar-refractivity contribution is 5.85. The maximum Gasteiger partial charge on any atom is 0.220 e. The Balaban J connectivity index is 1.50. The highest BCUT2D eigenvalue weighted by Gasteiger charge is 2.18. The molecule has 170 valence electrons. The number of pyridine rings is 1. The van der Waals surface area contributed by atoms with Gasteiger partial charge < -0.3 is 5.32 Å². The van der Waals surface area contributed by atoms with Crippen molar-refractivity contribution in [1.29, 1.82) is 0 Å². The van der Waals surface area contributed by atoms with Crippen LogP contribution in [0.2, 0.25) is 0 Å². The third kappa shape index (κ3) is 4.82. The lowest BCUT2D eigenvalue weighted by molar-refractivity contribution is -0.121. The molecule has 2 aromatic carbocycles. The number of aromatic nitrogens is 3. The van der Waals surface area contributed by atoms with Gasteiger partial charge in [0, 0.05) is 24.0 Å². The van der Waals surface area contributed by atoms with E-state index in [0.717, 1.165) is 33.7 Å². The van der Waals surface area contributed by atoms with Gasteiger partial charge in [-0.1, -0.05) is 55.0 Å². The first kappa shape index (κ1) is 22.7. The lowest BCUT2D eigenvalue weighted by Gasteiger charge is -2.14. The Hall–Kier alpha value is -3.47. The molecule has 0 saturated heterocycles. The number of benzene rings is 2. The van der Waals surface area contributed by atoms with Crippen LogP contribution in [-0.4, -0.2) is 27.2 Å². The average molecular weight is 441 g/mol. The molecule has 0 radical (unpaired) electrons. The first-order chi connectivity index (χ1) is 15.8. The molecule has 1 atom stereocenters. The largest absolute Gasteiger partial charge is 0.355 e. The quantitative estimate of drug-likeness (QED) is 0.412. The number of aryl methyl sites for hydroxylation is 4. The number of rotatable bonds is 7. The summed E-state index contributed by atoms with van der Waals surface area (Å²) in [5.41, 5.74) is 8.54. The Morgan fingerprint density at radius 1 is 0.970 bits per heavy atom. The van der Waals surface area contributed by atoms with Crippen LogP contribution in [0.25, 0.3) is 16.7 Å². The third-order valence-electron chi connectivity index (χ3n) is 6.43. The van der Waals surface area contributed by atoms with Gasteiger partial charge in [-0.25, -0.2) is 9.67 Å². The van der Waals surface area contributed by atoms with E-state index in [2.05, 4.69) is 62.5 Å². The molecule has 0 spiro atoms. The predicted molar refractivity (Wildman–Crippen MR) is 134 cm³/mol. The Labute approximate surface area is 195 Å². The van der Waals surface area contributed by atoms with Crippen LogP contribution >= 0.6 is 0 Å². The van der Waals surface area contributed by atoms with Gasteiger partial charge in [0.2, 0.25) is 5.91 Å². The smallest absolute Gasteiger partial charge is 0.220 e. The topological polar surface area (TPSA) is 59.8 Å². The van der Waals surface area contributed by atoms with Crippen LogP contribution in [0.1, 0.15) is 52.9 Å². The maximum absolute atomic E-state index is 12.6. The van der Waals surface area contributed by atoms with Crippen LogP contribution in [0, 0.1) is 27.7 Å². The van der Waals surface area contributed by atoms with Crippen molar-refractivity contribution in [2.45, 2.75) is 53.4 Å². The Morgan fingerprint density at radius 3 is 2.36 bits per heavy atom. The predicted octanol–water partition coefficient (Wildman–Crippen LogP) is 5.51. The van der Waals surface area contributed by atoms with E-state index in [4.69, 9.17) is 10.1 Å². The number of carbonyl (C=O) groups is 1. The Morgan fingerprint density at radius 2 is 1.67 bits per heavy atom. The second-order valence-corrected chi connectivity index (χ2v) is 8.95. The molecule has 0 bridgehead atoms. The molecule has 0 unspecified atom stereocenters. The first-order valence-corrected chi connectivity index (χ1v) is 11.6. The average Bonchev–Trinajstić information content (AvgIpc) is 3.14. The van der Waals surface area contributed by atoms with Crippen molar-refractivity contribution < 1.29 is 4.79 Å². The molecule has 0 aliphatic heterocycles. The Bertz CT molecular complexity index is 1270. The van der Waals surface area contributed by atoms with E-state index in [1.165, 1.54) is 16.7 Å². The van der Waals surface area contributed by atoms with Crippen molar-refractivity contribution in [1.82, 2.24) is 20.1 Å². The highest BCUT2D eigenvalue weighted by atomic mass is 16.1. The molecule has 4 rings (SSSR count). The molecule has 1 N–H and O–H groups in total. The van der Waals surface area contributed by atoms with Crippen molar-refractivity contribution in [3.05, 3.63) is 88.2 Å². The fourth-order valence-corrected chi connectivity index (χ4v) is 4.43. The van der Waals surface area contributed by atoms with E-state index < -0.39 is 0 Å². The van der Waals surface area contributed by atoms with Crippen molar-refractivity contribution in [3.8, 4) is 5.69 Å². The molecule has 33 heavy (non-hydrogen) atoms. The highest BCUT2D eigenvalue weighted by Crippen LogP contribution is 2.28. The molecule has 2 aromatic heterocycles. The van der Waals surface area contributed by atoms with Gasteiger partial charge in [0.05, 0.1) is 11.4 Å². The van der Waals surface area contributed by atoms with Gasteiger partial charge in [0.25, 0.3) is 0 Å². The summed E-state index contributed by atoms with van der Waals surface area (Å²) in [5, 5.41) is 8.95. The second-order valence-electron chi connectivity index (χ2n) is 8.95. The Kier molecular flexibility index (Phi) is 6.59. The van der Waals surface area contributed by atoms with E-state index in [1.54, 1.807) is 0 Å². The molecule has 1 amide bonds. The minimum absolute atomic E-state index is 0.0729. The molecule has 5 heteroatoms. The van der Waals surface area contributed by atoms with Gasteiger partial charge in [-0.15, -0.1) is 0 Å². The summed E-state index contributed by atoms with van der Waals surface area (Å²) in [6.45, 7) is 11.0. The zero-order valence-electron chi connectivity index (χ0n) is 20.1. The number of nitrogens with one attached hydrogen (secondary N) is 1. The summed E-state index contributed by atoms with van der Waals surface area (Å²) < 4.78 is 1.92. The van der Waals surface area contributed by atoms with Gasteiger partial charge in [-0.3, -0.25) is 4.79 Å². The van der Waals surface area contributed by atoms with E-state index in [1.807, 2.05) is 36.7 Å². The number of fused-ring (bicyclic) bond motifs is 1. The monoisotopic (exact) mass is 440 g/mol. The van der Waals surface area contributed by atoms with E-state index in [9.17, 15) is 4.79 Å². The number of hydrogen-bond acceptors (Lipinski definition) is 3. The van der Waals surface area contributed by atoms with Gasteiger partial charge in [0.15, 0.2) is 5.65 Å². The second kappa shape index (κ2) is 9.57. The van der Waals surface area contributed by atoms with E-state index >= 15 is 0 Å². The zero-order chi connectivity index (χ0) is 23.5. The summed E-state index contributed by atoms with van der Waals surface area (Å²) in [7, 11) is 0. The van der Waals surface area contributed by atoms with E-state index in [0.29, 0.717) is 19.4 Å². The molecular weight excluding hydrogens is 408 g/mol. The summed E-state index contributed by atoms with van der Waals surface area (Å²) in [6.07, 6.45) is 1.11. The molecule has 0 fully saturated rings.